The smallest absolute Gasteiger partial charge is 0.384 e. The SMILES string of the molecule is O=C(O)C(F)(F)c1[nH]ncc1Br. The highest BCUT2D eigenvalue weighted by Gasteiger charge is 2.44. The highest BCUT2D eigenvalue weighted by atomic mass is 79.9. The van der Waals surface area contributed by atoms with Crippen LogP contribution in [0, 0.1) is 0 Å². The molecule has 1 heterocycles. The van der Waals surface area contributed by atoms with Crippen molar-refractivity contribution < 1.29 is 18.7 Å². The fraction of sp³-hybridized carbons (Fsp3) is 0.200. The van der Waals surface area contributed by atoms with Crippen molar-refractivity contribution in [3.63, 3.8) is 0 Å². The predicted octanol–water partition coefficient (Wildman–Crippen LogP) is 1.35. The summed E-state index contributed by atoms with van der Waals surface area (Å²) in [6.45, 7) is 0. The highest BCUT2D eigenvalue weighted by Crippen LogP contribution is 2.31. The number of halogens is 3. The van der Waals surface area contributed by atoms with E-state index >= 15 is 0 Å². The van der Waals surface area contributed by atoms with Gasteiger partial charge in [0.25, 0.3) is 0 Å². The minimum atomic E-state index is -3.94. The summed E-state index contributed by atoms with van der Waals surface area (Å²) in [6.07, 6.45) is 1.06. The summed E-state index contributed by atoms with van der Waals surface area (Å²) >= 11 is 2.73. The number of aliphatic carboxylic acids is 1. The van der Waals surface area contributed by atoms with Gasteiger partial charge >= 0.3 is 11.9 Å². The Morgan fingerprint density at radius 1 is 1.75 bits per heavy atom. The molecule has 0 aliphatic carbocycles. The second-order valence-corrected chi connectivity index (χ2v) is 2.83. The van der Waals surface area contributed by atoms with E-state index in [9.17, 15) is 13.6 Å². The molecule has 0 fully saturated rings. The molecule has 0 atom stereocenters. The van der Waals surface area contributed by atoms with Gasteiger partial charge in [0.1, 0.15) is 5.69 Å². The van der Waals surface area contributed by atoms with Gasteiger partial charge in [0.05, 0.1) is 10.7 Å². The van der Waals surface area contributed by atoms with Crippen LogP contribution in [0.2, 0.25) is 0 Å². The van der Waals surface area contributed by atoms with Gasteiger partial charge < -0.3 is 5.11 Å². The van der Waals surface area contributed by atoms with E-state index in [-0.39, 0.29) is 4.47 Å². The van der Waals surface area contributed by atoms with E-state index in [0.717, 1.165) is 6.20 Å². The predicted molar refractivity (Wildman–Crippen MR) is 37.8 cm³/mol. The maximum Gasteiger partial charge on any atom is 0.384 e. The Morgan fingerprint density at radius 2 is 2.33 bits per heavy atom. The lowest BCUT2D eigenvalue weighted by atomic mass is 10.2. The fourth-order valence-corrected chi connectivity index (χ4v) is 1.04. The number of alkyl halides is 2. The Hall–Kier alpha value is -0.980. The number of H-pyrrole nitrogens is 1. The van der Waals surface area contributed by atoms with Gasteiger partial charge in [-0.2, -0.15) is 13.9 Å². The largest absolute Gasteiger partial charge is 0.476 e. The number of carboxylic acids is 1. The van der Waals surface area contributed by atoms with E-state index < -0.39 is 17.6 Å². The normalized spacial score (nSPS) is 11.6. The molecular formula is C5H3BrF2N2O2. The Labute approximate surface area is 73.7 Å². The topological polar surface area (TPSA) is 66.0 Å². The molecule has 0 radical (unpaired) electrons. The molecule has 2 N–H and O–H groups in total. The lowest BCUT2D eigenvalue weighted by Crippen LogP contribution is -2.26. The first-order valence-electron chi connectivity index (χ1n) is 2.77. The lowest BCUT2D eigenvalue weighted by molar-refractivity contribution is -0.167. The third kappa shape index (κ3) is 1.31. The van der Waals surface area contributed by atoms with Gasteiger partial charge in [-0.05, 0) is 15.9 Å². The molecular weight excluding hydrogens is 238 g/mol. The number of carboxylic acid groups (broad SMARTS) is 1. The van der Waals surface area contributed by atoms with Crippen molar-refractivity contribution in [2.75, 3.05) is 0 Å². The number of hydrogen-bond acceptors (Lipinski definition) is 2. The molecule has 0 spiro atoms. The second-order valence-electron chi connectivity index (χ2n) is 1.97. The molecule has 0 saturated heterocycles. The average molecular weight is 241 g/mol. The molecule has 4 nitrogen and oxygen atoms in total. The molecule has 0 aromatic carbocycles. The zero-order valence-electron chi connectivity index (χ0n) is 5.51. The zero-order chi connectivity index (χ0) is 9.35. The number of rotatable bonds is 2. The van der Waals surface area contributed by atoms with Crippen LogP contribution >= 0.6 is 15.9 Å². The molecule has 0 unspecified atom stereocenters. The van der Waals surface area contributed by atoms with Crippen molar-refractivity contribution in [1.82, 2.24) is 10.2 Å². The summed E-state index contributed by atoms with van der Waals surface area (Å²) in [4.78, 5) is 10.1. The Balaban J connectivity index is 3.13. The van der Waals surface area contributed by atoms with Gasteiger partial charge in [0, 0.05) is 0 Å². The highest BCUT2D eigenvalue weighted by molar-refractivity contribution is 9.10. The van der Waals surface area contributed by atoms with Gasteiger partial charge in [-0.1, -0.05) is 0 Å². The van der Waals surface area contributed by atoms with E-state index in [1.54, 1.807) is 0 Å². The number of aromatic nitrogens is 2. The van der Waals surface area contributed by atoms with Crippen molar-refractivity contribution >= 4 is 21.9 Å². The number of carbonyl (C=O) groups is 1. The summed E-state index contributed by atoms with van der Waals surface area (Å²) in [5.74, 6) is -6.15. The molecule has 7 heteroatoms. The standard InChI is InChI=1S/C5H3BrF2N2O2/c6-2-1-9-10-3(2)5(7,8)4(11)12/h1H,(H,9,10)(H,11,12). The molecule has 0 amide bonds. The maximum atomic E-state index is 12.7. The molecule has 0 bridgehead atoms. The number of aromatic amines is 1. The van der Waals surface area contributed by atoms with Gasteiger partial charge in [-0.15, -0.1) is 0 Å². The van der Waals surface area contributed by atoms with Crippen molar-refractivity contribution in [3.05, 3.63) is 16.4 Å². The summed E-state index contributed by atoms with van der Waals surface area (Å²) < 4.78 is 25.3. The van der Waals surface area contributed by atoms with Crippen LogP contribution in [0.25, 0.3) is 0 Å². The van der Waals surface area contributed by atoms with Crippen LogP contribution < -0.4 is 0 Å². The van der Waals surface area contributed by atoms with Gasteiger partial charge in [-0.25, -0.2) is 4.79 Å². The van der Waals surface area contributed by atoms with Crippen LogP contribution in [-0.4, -0.2) is 21.3 Å². The van der Waals surface area contributed by atoms with Crippen LogP contribution in [0.3, 0.4) is 0 Å². The Bertz CT molecular complexity index is 312. The van der Waals surface area contributed by atoms with E-state index in [2.05, 4.69) is 21.0 Å². The maximum absolute atomic E-state index is 12.7. The van der Waals surface area contributed by atoms with E-state index in [4.69, 9.17) is 5.11 Å². The monoisotopic (exact) mass is 240 g/mol. The number of hydrogen-bond donors (Lipinski definition) is 2. The van der Waals surface area contributed by atoms with Crippen LogP contribution in [0.15, 0.2) is 10.7 Å². The molecule has 1 aromatic rings. The van der Waals surface area contributed by atoms with Crippen LogP contribution in [-0.2, 0) is 10.7 Å². The van der Waals surface area contributed by atoms with Crippen LogP contribution in [0.5, 0.6) is 0 Å². The summed E-state index contributed by atoms with van der Waals surface area (Å²) in [5.41, 5.74) is -0.755. The first kappa shape index (κ1) is 9.11. The third-order valence-electron chi connectivity index (χ3n) is 1.18. The van der Waals surface area contributed by atoms with E-state index in [0.29, 0.717) is 0 Å². The molecule has 1 rings (SSSR count). The van der Waals surface area contributed by atoms with Crippen LogP contribution in [0.1, 0.15) is 5.69 Å². The minimum Gasteiger partial charge on any atom is -0.476 e. The Morgan fingerprint density at radius 3 is 2.67 bits per heavy atom. The Kier molecular flexibility index (Phi) is 2.14. The van der Waals surface area contributed by atoms with Crippen molar-refractivity contribution in [2.24, 2.45) is 0 Å². The molecule has 12 heavy (non-hydrogen) atoms. The molecule has 0 saturated carbocycles. The molecule has 0 aliphatic heterocycles. The number of nitrogens with zero attached hydrogens (tertiary/aromatic N) is 1. The van der Waals surface area contributed by atoms with Crippen LogP contribution in [0.4, 0.5) is 8.78 Å². The minimum absolute atomic E-state index is 0.0603. The first-order valence-corrected chi connectivity index (χ1v) is 3.56. The molecule has 66 valence electrons. The fourth-order valence-electron chi connectivity index (χ4n) is 0.599. The second kappa shape index (κ2) is 2.81. The first-order chi connectivity index (χ1) is 5.46. The van der Waals surface area contributed by atoms with E-state index in [1.165, 1.54) is 0 Å². The van der Waals surface area contributed by atoms with Crippen molar-refractivity contribution in [3.8, 4) is 0 Å². The number of nitrogens with one attached hydrogen (secondary N) is 1. The third-order valence-corrected chi connectivity index (χ3v) is 1.78. The quantitative estimate of drug-likeness (QED) is 0.821. The van der Waals surface area contributed by atoms with Crippen molar-refractivity contribution in [1.29, 1.82) is 0 Å². The average Bonchev–Trinajstić information content (AvgIpc) is 2.35. The van der Waals surface area contributed by atoms with Gasteiger partial charge in [-0.3, -0.25) is 5.10 Å². The molecule has 0 aliphatic rings. The summed E-state index contributed by atoms with van der Waals surface area (Å²) in [6, 6.07) is 0. The van der Waals surface area contributed by atoms with Gasteiger partial charge in [0.2, 0.25) is 0 Å². The van der Waals surface area contributed by atoms with E-state index in [1.807, 2.05) is 5.10 Å². The lowest BCUT2D eigenvalue weighted by Gasteiger charge is -2.08. The zero-order valence-corrected chi connectivity index (χ0v) is 7.10. The van der Waals surface area contributed by atoms with Gasteiger partial charge in [0.15, 0.2) is 0 Å². The summed E-state index contributed by atoms with van der Waals surface area (Å²) in [7, 11) is 0. The van der Waals surface area contributed by atoms with Crippen molar-refractivity contribution in [2.45, 2.75) is 5.92 Å². The molecule has 1 aromatic heterocycles. The summed E-state index contributed by atoms with van der Waals surface area (Å²) in [5, 5.41) is 13.3.